The van der Waals surface area contributed by atoms with Gasteiger partial charge in [0.2, 0.25) is 15.9 Å². The topological polar surface area (TPSA) is 66.5 Å². The molecule has 1 amide bonds. The molecule has 1 N–H and O–H groups in total. The van der Waals surface area contributed by atoms with Crippen LogP contribution in [0.15, 0.2) is 59.5 Å². The summed E-state index contributed by atoms with van der Waals surface area (Å²) in [7, 11) is -3.50. The second-order valence-electron chi connectivity index (χ2n) is 7.50. The summed E-state index contributed by atoms with van der Waals surface area (Å²) < 4.78 is 40.3. The highest BCUT2D eigenvalue weighted by molar-refractivity contribution is 7.89. The molecular weight excluding hydrogens is 391 g/mol. The van der Waals surface area contributed by atoms with E-state index in [0.717, 1.165) is 12.0 Å². The van der Waals surface area contributed by atoms with Gasteiger partial charge < -0.3 is 5.32 Å². The number of amides is 1. The minimum atomic E-state index is -3.50. The van der Waals surface area contributed by atoms with Crippen molar-refractivity contribution < 1.29 is 17.6 Å². The van der Waals surface area contributed by atoms with Gasteiger partial charge in [0.25, 0.3) is 0 Å². The summed E-state index contributed by atoms with van der Waals surface area (Å²) in [5, 5.41) is 2.88. The van der Waals surface area contributed by atoms with Crippen LogP contribution in [0, 0.1) is 17.7 Å². The minimum Gasteiger partial charge on any atom is -0.352 e. The number of halogens is 1. The van der Waals surface area contributed by atoms with Gasteiger partial charge in [-0.25, -0.2) is 12.8 Å². The molecule has 3 rings (SSSR count). The molecule has 1 saturated heterocycles. The molecule has 0 radical (unpaired) electrons. The summed E-state index contributed by atoms with van der Waals surface area (Å²) >= 11 is 0. The Morgan fingerprint density at radius 3 is 2.45 bits per heavy atom. The molecule has 0 aliphatic carbocycles. The van der Waals surface area contributed by atoms with Gasteiger partial charge in [-0.05, 0) is 48.1 Å². The van der Waals surface area contributed by atoms with E-state index in [2.05, 4.69) is 5.32 Å². The highest BCUT2D eigenvalue weighted by Gasteiger charge is 2.35. The largest absolute Gasteiger partial charge is 0.352 e. The number of carbonyl (C=O) groups excluding carboxylic acids is 1. The average molecular weight is 419 g/mol. The van der Waals surface area contributed by atoms with Crippen molar-refractivity contribution in [3.05, 3.63) is 66.0 Å². The fourth-order valence-electron chi connectivity index (χ4n) is 3.85. The lowest BCUT2D eigenvalue weighted by atomic mass is 9.82. The molecule has 0 aromatic heterocycles. The Labute approximate surface area is 172 Å². The monoisotopic (exact) mass is 418 g/mol. The third-order valence-electron chi connectivity index (χ3n) is 5.61. The van der Waals surface area contributed by atoms with Gasteiger partial charge in [-0.15, -0.1) is 0 Å². The number of hydrogen-bond acceptors (Lipinski definition) is 3. The Balaban J connectivity index is 1.57. The third kappa shape index (κ3) is 5.42. The Bertz CT molecular complexity index is 917. The lowest BCUT2D eigenvalue weighted by molar-refractivity contribution is -0.122. The van der Waals surface area contributed by atoms with Crippen molar-refractivity contribution in [2.24, 2.45) is 11.8 Å². The van der Waals surface area contributed by atoms with Gasteiger partial charge in [-0.1, -0.05) is 43.7 Å². The fourth-order valence-corrected chi connectivity index (χ4v) is 5.38. The van der Waals surface area contributed by atoms with Crippen LogP contribution in [0.25, 0.3) is 0 Å². The first-order chi connectivity index (χ1) is 13.9. The van der Waals surface area contributed by atoms with E-state index in [0.29, 0.717) is 37.4 Å². The number of hydrogen-bond donors (Lipinski definition) is 1. The molecule has 2 aromatic carbocycles. The van der Waals surface area contributed by atoms with E-state index in [1.807, 2.05) is 6.92 Å². The maximum absolute atomic E-state index is 13.0. The number of nitrogens with zero attached hydrogens (tertiary/aromatic N) is 1. The van der Waals surface area contributed by atoms with Crippen molar-refractivity contribution in [2.45, 2.75) is 37.6 Å². The number of rotatable bonds is 7. The predicted molar refractivity (Wildman–Crippen MR) is 110 cm³/mol. The van der Waals surface area contributed by atoms with Gasteiger partial charge in [0, 0.05) is 26.1 Å². The van der Waals surface area contributed by atoms with Crippen LogP contribution in [0.3, 0.4) is 0 Å². The Morgan fingerprint density at radius 1 is 1.10 bits per heavy atom. The molecule has 0 bridgehead atoms. The molecule has 2 atom stereocenters. The zero-order valence-electron chi connectivity index (χ0n) is 16.6. The number of nitrogens with one attached hydrogen (secondary N) is 1. The molecule has 1 aliphatic heterocycles. The molecule has 1 heterocycles. The molecule has 0 saturated carbocycles. The average Bonchev–Trinajstić information content (AvgIpc) is 2.74. The SMILES string of the molecule is CC[C@H]1CN(S(=O)(=O)c2ccccc2)CC[C@H]1CC(=O)NCc1ccc(F)cc1. The molecular formula is C22H27FN2O3S. The van der Waals surface area contributed by atoms with Crippen LogP contribution in [-0.2, 0) is 21.4 Å². The fraction of sp³-hybridized carbons (Fsp3) is 0.409. The first kappa shape index (κ1) is 21.5. The molecule has 2 aromatic rings. The van der Waals surface area contributed by atoms with Crippen LogP contribution in [0.1, 0.15) is 31.7 Å². The van der Waals surface area contributed by atoms with Gasteiger partial charge in [-0.3, -0.25) is 4.79 Å². The molecule has 5 nitrogen and oxygen atoms in total. The summed E-state index contributed by atoms with van der Waals surface area (Å²) in [6, 6.07) is 14.5. The molecule has 1 fully saturated rings. The molecule has 1 aliphatic rings. The second kappa shape index (κ2) is 9.50. The lowest BCUT2D eigenvalue weighted by Crippen LogP contribution is -2.44. The molecule has 0 unspecified atom stereocenters. The first-order valence-corrected chi connectivity index (χ1v) is 11.4. The predicted octanol–water partition coefficient (Wildman–Crippen LogP) is 3.57. The highest BCUT2D eigenvalue weighted by Crippen LogP contribution is 2.32. The lowest BCUT2D eigenvalue weighted by Gasteiger charge is -2.37. The van der Waals surface area contributed by atoms with Crippen molar-refractivity contribution in [2.75, 3.05) is 13.1 Å². The van der Waals surface area contributed by atoms with Gasteiger partial charge >= 0.3 is 0 Å². The van der Waals surface area contributed by atoms with Gasteiger partial charge in [0.15, 0.2) is 0 Å². The van der Waals surface area contributed by atoms with Crippen molar-refractivity contribution in [3.8, 4) is 0 Å². The van der Waals surface area contributed by atoms with E-state index in [1.54, 1.807) is 46.8 Å². The van der Waals surface area contributed by atoms with Gasteiger partial charge in [-0.2, -0.15) is 4.31 Å². The Kier molecular flexibility index (Phi) is 7.03. The zero-order chi connectivity index (χ0) is 20.9. The van der Waals surface area contributed by atoms with Crippen molar-refractivity contribution >= 4 is 15.9 Å². The van der Waals surface area contributed by atoms with Gasteiger partial charge in [0.1, 0.15) is 5.82 Å². The number of benzene rings is 2. The molecule has 29 heavy (non-hydrogen) atoms. The molecule has 156 valence electrons. The van der Waals surface area contributed by atoms with Crippen molar-refractivity contribution in [1.29, 1.82) is 0 Å². The van der Waals surface area contributed by atoms with Gasteiger partial charge in [0.05, 0.1) is 4.90 Å². The van der Waals surface area contributed by atoms with Crippen LogP contribution >= 0.6 is 0 Å². The quantitative estimate of drug-likeness (QED) is 0.748. The van der Waals surface area contributed by atoms with E-state index in [9.17, 15) is 17.6 Å². The highest BCUT2D eigenvalue weighted by atomic mass is 32.2. The van der Waals surface area contributed by atoms with E-state index >= 15 is 0 Å². The second-order valence-corrected chi connectivity index (χ2v) is 9.44. The molecule has 7 heteroatoms. The van der Waals surface area contributed by atoms with Crippen LogP contribution in [-0.4, -0.2) is 31.7 Å². The van der Waals surface area contributed by atoms with Crippen LogP contribution in [0.2, 0.25) is 0 Å². The van der Waals surface area contributed by atoms with E-state index in [1.165, 1.54) is 12.1 Å². The summed E-state index contributed by atoms with van der Waals surface area (Å²) in [6.45, 7) is 3.25. The van der Waals surface area contributed by atoms with Crippen molar-refractivity contribution in [3.63, 3.8) is 0 Å². The summed E-state index contributed by atoms with van der Waals surface area (Å²) in [6.07, 6.45) is 1.85. The van der Waals surface area contributed by atoms with E-state index in [-0.39, 0.29) is 23.6 Å². The number of piperidine rings is 1. The smallest absolute Gasteiger partial charge is 0.243 e. The third-order valence-corrected chi connectivity index (χ3v) is 7.49. The van der Waals surface area contributed by atoms with E-state index < -0.39 is 10.0 Å². The zero-order valence-corrected chi connectivity index (χ0v) is 17.4. The summed E-state index contributed by atoms with van der Waals surface area (Å²) in [4.78, 5) is 12.7. The van der Waals surface area contributed by atoms with Crippen molar-refractivity contribution in [1.82, 2.24) is 9.62 Å². The summed E-state index contributed by atoms with van der Waals surface area (Å²) in [5.41, 5.74) is 0.843. The van der Waals surface area contributed by atoms with Crippen LogP contribution < -0.4 is 5.32 Å². The normalized spacial score (nSPS) is 20.3. The first-order valence-electron chi connectivity index (χ1n) is 9.96. The number of sulfonamides is 1. The Hall–Kier alpha value is -2.25. The number of carbonyl (C=O) groups is 1. The maximum Gasteiger partial charge on any atom is 0.243 e. The minimum absolute atomic E-state index is 0.0582. The standard InChI is InChI=1S/C22H27FN2O3S/c1-2-18-16-25(29(27,28)21-6-4-3-5-7-21)13-12-19(18)14-22(26)24-15-17-8-10-20(23)11-9-17/h3-11,18-19H,2,12-16H2,1H3,(H,24,26)/t18-,19-/m0/s1. The molecule has 0 spiro atoms. The van der Waals surface area contributed by atoms with Crippen LogP contribution in [0.5, 0.6) is 0 Å². The maximum atomic E-state index is 13.0. The Morgan fingerprint density at radius 2 is 1.79 bits per heavy atom. The van der Waals surface area contributed by atoms with Crippen LogP contribution in [0.4, 0.5) is 4.39 Å². The summed E-state index contributed by atoms with van der Waals surface area (Å²) in [5.74, 6) is -0.0746. The van der Waals surface area contributed by atoms with E-state index in [4.69, 9.17) is 0 Å².